The van der Waals surface area contributed by atoms with Crippen LogP contribution in [-0.2, 0) is 0 Å². The summed E-state index contributed by atoms with van der Waals surface area (Å²) in [5.41, 5.74) is 1.45. The molecule has 1 aromatic carbocycles. The van der Waals surface area contributed by atoms with Gasteiger partial charge >= 0.3 is 0 Å². The number of aromatic nitrogens is 2. The van der Waals surface area contributed by atoms with Crippen molar-refractivity contribution in [2.45, 2.75) is 6.92 Å². The normalized spacial score (nSPS) is 10.3. The topological polar surface area (TPSA) is 74.8 Å². The minimum atomic E-state index is -0.343. The smallest absolute Gasteiger partial charge is 0.277 e. The zero-order valence-corrected chi connectivity index (χ0v) is 13.0. The van der Waals surface area contributed by atoms with Gasteiger partial charge in [-0.2, -0.15) is 5.10 Å². The van der Waals surface area contributed by atoms with Crippen molar-refractivity contribution in [3.8, 4) is 0 Å². The number of benzene rings is 1. The number of H-pyrrole nitrogens is 1. The van der Waals surface area contributed by atoms with Crippen LogP contribution < -0.4 is 5.32 Å². The van der Waals surface area contributed by atoms with Gasteiger partial charge in [-0.15, -0.1) is 0 Å². The molecule has 0 bridgehead atoms. The van der Waals surface area contributed by atoms with Gasteiger partial charge in [0.05, 0.1) is 4.47 Å². The van der Waals surface area contributed by atoms with E-state index in [9.17, 15) is 9.59 Å². The number of anilines is 1. The molecular formula is C12H9Br2N3O2. The van der Waals surface area contributed by atoms with Crippen molar-refractivity contribution in [1.29, 1.82) is 0 Å². The minimum absolute atomic E-state index is 0.0168. The Bertz CT molecular complexity index is 635. The molecule has 2 aromatic rings. The molecule has 1 aromatic heterocycles. The van der Waals surface area contributed by atoms with Gasteiger partial charge in [0.25, 0.3) is 5.91 Å². The molecule has 0 fully saturated rings. The van der Waals surface area contributed by atoms with E-state index in [1.165, 1.54) is 6.92 Å². The fourth-order valence-corrected chi connectivity index (χ4v) is 2.07. The average Bonchev–Trinajstić information content (AvgIpc) is 2.70. The van der Waals surface area contributed by atoms with E-state index in [2.05, 4.69) is 47.4 Å². The number of carbonyl (C=O) groups is 2. The van der Waals surface area contributed by atoms with Crippen molar-refractivity contribution in [2.24, 2.45) is 0 Å². The van der Waals surface area contributed by atoms with E-state index in [1.54, 1.807) is 24.3 Å². The summed E-state index contributed by atoms with van der Waals surface area (Å²) in [4.78, 5) is 23.1. The van der Waals surface area contributed by atoms with Crippen LogP contribution in [0.2, 0.25) is 0 Å². The molecule has 5 nitrogen and oxygen atoms in total. The van der Waals surface area contributed by atoms with Crippen LogP contribution in [0.4, 0.5) is 5.69 Å². The summed E-state index contributed by atoms with van der Waals surface area (Å²) in [6.07, 6.45) is 0. The van der Waals surface area contributed by atoms with Crippen LogP contribution in [0.25, 0.3) is 0 Å². The molecule has 7 heteroatoms. The third kappa shape index (κ3) is 3.10. The molecule has 0 saturated carbocycles. The number of nitrogens with zero attached hydrogens (tertiary/aromatic N) is 1. The van der Waals surface area contributed by atoms with E-state index in [0.717, 1.165) is 0 Å². The molecule has 0 saturated heterocycles. The number of carbonyl (C=O) groups excluding carboxylic acids is 2. The van der Waals surface area contributed by atoms with Crippen LogP contribution in [0.3, 0.4) is 0 Å². The van der Waals surface area contributed by atoms with Crippen molar-refractivity contribution in [2.75, 3.05) is 5.32 Å². The van der Waals surface area contributed by atoms with Crippen molar-refractivity contribution >= 4 is 49.2 Å². The second-order valence-electron chi connectivity index (χ2n) is 3.79. The molecule has 98 valence electrons. The highest BCUT2D eigenvalue weighted by Gasteiger charge is 2.16. The van der Waals surface area contributed by atoms with Crippen LogP contribution in [-0.4, -0.2) is 21.9 Å². The quantitative estimate of drug-likeness (QED) is 0.794. The van der Waals surface area contributed by atoms with Crippen molar-refractivity contribution < 1.29 is 9.59 Å². The summed E-state index contributed by atoms with van der Waals surface area (Å²) in [7, 11) is 0. The van der Waals surface area contributed by atoms with Gasteiger partial charge in [0.15, 0.2) is 11.5 Å². The first-order chi connectivity index (χ1) is 8.99. The van der Waals surface area contributed by atoms with Gasteiger partial charge in [0.1, 0.15) is 4.60 Å². The molecule has 0 radical (unpaired) electrons. The van der Waals surface area contributed by atoms with Crippen LogP contribution >= 0.6 is 31.9 Å². The van der Waals surface area contributed by atoms with Crippen LogP contribution in [0, 0.1) is 0 Å². The molecule has 0 aliphatic heterocycles. The number of Topliss-reactive ketones (excluding diaryl/α,β-unsaturated/α-hetero) is 1. The lowest BCUT2D eigenvalue weighted by Crippen LogP contribution is -2.13. The molecule has 19 heavy (non-hydrogen) atoms. The van der Waals surface area contributed by atoms with Crippen LogP contribution in [0.15, 0.2) is 33.3 Å². The summed E-state index contributed by atoms with van der Waals surface area (Å²) >= 11 is 6.46. The minimum Gasteiger partial charge on any atom is -0.321 e. The number of nitrogens with one attached hydrogen (secondary N) is 2. The largest absolute Gasteiger partial charge is 0.321 e. The number of ketones is 1. The van der Waals surface area contributed by atoms with Gasteiger partial charge in [0.2, 0.25) is 0 Å². The van der Waals surface area contributed by atoms with Crippen molar-refractivity contribution in [1.82, 2.24) is 10.2 Å². The molecule has 2 N–H and O–H groups in total. The zero-order chi connectivity index (χ0) is 14.0. The number of rotatable bonds is 3. The van der Waals surface area contributed by atoms with Gasteiger partial charge in [-0.1, -0.05) is 0 Å². The monoisotopic (exact) mass is 385 g/mol. The number of halogens is 2. The SMILES string of the molecule is CC(=O)c1ccc(NC(=O)c2n[nH]c(Br)c2Br)cc1. The lowest BCUT2D eigenvalue weighted by molar-refractivity contribution is 0.101. The fourth-order valence-electron chi connectivity index (χ4n) is 1.44. The summed E-state index contributed by atoms with van der Waals surface area (Å²) in [6, 6.07) is 6.66. The molecule has 0 spiro atoms. The van der Waals surface area contributed by atoms with E-state index in [1.807, 2.05) is 0 Å². The second kappa shape index (κ2) is 5.66. The predicted molar refractivity (Wildman–Crippen MR) is 78.4 cm³/mol. The Morgan fingerprint density at radius 3 is 2.32 bits per heavy atom. The maximum absolute atomic E-state index is 12.0. The standard InChI is InChI=1S/C12H9Br2N3O2/c1-6(18)7-2-4-8(5-3-7)15-12(19)10-9(13)11(14)17-16-10/h2-5H,1H3,(H,15,19)(H,16,17). The number of amides is 1. The first-order valence-electron chi connectivity index (χ1n) is 5.30. The van der Waals surface area contributed by atoms with Gasteiger partial charge in [0, 0.05) is 11.3 Å². The Morgan fingerprint density at radius 1 is 1.21 bits per heavy atom. The Balaban J connectivity index is 2.15. The maximum atomic E-state index is 12.0. The third-order valence-electron chi connectivity index (χ3n) is 2.43. The summed E-state index contributed by atoms with van der Waals surface area (Å²) in [5, 5.41) is 9.21. The van der Waals surface area contributed by atoms with E-state index >= 15 is 0 Å². The van der Waals surface area contributed by atoms with Crippen molar-refractivity contribution in [3.63, 3.8) is 0 Å². The highest BCUT2D eigenvalue weighted by molar-refractivity contribution is 9.13. The fraction of sp³-hybridized carbons (Fsp3) is 0.0833. The lowest BCUT2D eigenvalue weighted by atomic mass is 10.1. The van der Waals surface area contributed by atoms with Gasteiger partial charge < -0.3 is 5.32 Å². The van der Waals surface area contributed by atoms with E-state index in [4.69, 9.17) is 0 Å². The Hall–Kier alpha value is -1.47. The molecule has 1 amide bonds. The van der Waals surface area contributed by atoms with E-state index < -0.39 is 0 Å². The second-order valence-corrected chi connectivity index (χ2v) is 5.37. The Morgan fingerprint density at radius 2 is 1.84 bits per heavy atom. The zero-order valence-electron chi connectivity index (χ0n) is 9.83. The molecule has 0 aliphatic rings. The first kappa shape index (κ1) is 14.0. The predicted octanol–water partition coefficient (Wildman–Crippen LogP) is 3.39. The van der Waals surface area contributed by atoms with Crippen LogP contribution in [0.1, 0.15) is 27.8 Å². The number of hydrogen-bond donors (Lipinski definition) is 2. The Kier molecular flexibility index (Phi) is 4.16. The summed E-state index contributed by atoms with van der Waals surface area (Å²) < 4.78 is 1.16. The van der Waals surface area contributed by atoms with Gasteiger partial charge in [-0.25, -0.2) is 0 Å². The van der Waals surface area contributed by atoms with E-state index in [0.29, 0.717) is 20.3 Å². The lowest BCUT2D eigenvalue weighted by Gasteiger charge is -2.04. The molecule has 2 rings (SSSR count). The van der Waals surface area contributed by atoms with Gasteiger partial charge in [-0.05, 0) is 63.0 Å². The first-order valence-corrected chi connectivity index (χ1v) is 6.89. The average molecular weight is 387 g/mol. The summed E-state index contributed by atoms with van der Waals surface area (Å²) in [5.74, 6) is -0.360. The number of hydrogen-bond acceptors (Lipinski definition) is 3. The molecular weight excluding hydrogens is 378 g/mol. The third-order valence-corrected chi connectivity index (χ3v) is 4.31. The molecule has 0 unspecified atom stereocenters. The highest BCUT2D eigenvalue weighted by atomic mass is 79.9. The van der Waals surface area contributed by atoms with Crippen molar-refractivity contribution in [3.05, 3.63) is 44.6 Å². The molecule has 1 heterocycles. The molecule has 0 atom stereocenters. The summed E-state index contributed by atoms with van der Waals surface area (Å²) in [6.45, 7) is 1.49. The molecule has 0 aliphatic carbocycles. The van der Waals surface area contributed by atoms with Crippen LogP contribution in [0.5, 0.6) is 0 Å². The Labute approximate surface area is 126 Å². The number of aromatic amines is 1. The van der Waals surface area contributed by atoms with E-state index in [-0.39, 0.29) is 17.4 Å². The maximum Gasteiger partial charge on any atom is 0.277 e. The highest BCUT2D eigenvalue weighted by Crippen LogP contribution is 2.24. The van der Waals surface area contributed by atoms with Gasteiger partial charge in [-0.3, -0.25) is 14.7 Å².